The van der Waals surface area contributed by atoms with Crippen molar-refractivity contribution in [2.24, 2.45) is 0 Å². The highest BCUT2D eigenvalue weighted by Gasteiger charge is 2.00. The Morgan fingerprint density at radius 1 is 0.800 bits per heavy atom. The summed E-state index contributed by atoms with van der Waals surface area (Å²) < 4.78 is 5.80. The summed E-state index contributed by atoms with van der Waals surface area (Å²) in [6.07, 6.45) is 1.97. The number of para-hydroxylation sites is 1. The second-order valence-corrected chi connectivity index (χ2v) is 5.69. The molecule has 0 unspecified atom stereocenters. The van der Waals surface area contributed by atoms with Gasteiger partial charge in [-0.05, 0) is 65.5 Å². The predicted molar refractivity (Wildman–Crippen MR) is 106 cm³/mol. The number of H-pyrrole nitrogens is 1. The molecule has 126 valence electrons. The molecule has 0 atom stereocenters. The maximum absolute atomic E-state index is 5.80. The monoisotopic (exact) mass is 350 g/mol. The van der Waals surface area contributed by atoms with Crippen LogP contribution in [0.1, 0.15) is 5.56 Å². The predicted octanol–water partition coefficient (Wildman–Crippen LogP) is 5.99. The van der Waals surface area contributed by atoms with Gasteiger partial charge in [0.15, 0.2) is 0 Å². The molecule has 2 N–H and O–H groups in total. The van der Waals surface area contributed by atoms with Gasteiger partial charge in [0, 0.05) is 23.9 Å². The van der Waals surface area contributed by atoms with Gasteiger partial charge in [0.05, 0.1) is 0 Å². The molecule has 25 heavy (non-hydrogen) atoms. The zero-order valence-corrected chi connectivity index (χ0v) is 14.4. The van der Waals surface area contributed by atoms with Gasteiger partial charge in [-0.2, -0.15) is 0 Å². The largest absolute Gasteiger partial charge is 0.457 e. The van der Waals surface area contributed by atoms with Crippen LogP contribution < -0.4 is 10.1 Å². The number of ether oxygens (including phenoxy) is 1. The van der Waals surface area contributed by atoms with Gasteiger partial charge in [0.2, 0.25) is 0 Å². The zero-order valence-electron chi connectivity index (χ0n) is 13.6. The summed E-state index contributed by atoms with van der Waals surface area (Å²) in [6.45, 7) is 0.792. The minimum Gasteiger partial charge on any atom is -0.457 e. The number of hydrogen-bond donors (Lipinski definition) is 2. The molecule has 3 aromatic carbocycles. The molecule has 0 aliphatic rings. The molecule has 1 aromatic heterocycles. The molecule has 0 radical (unpaired) electrons. The van der Waals surface area contributed by atoms with Crippen LogP contribution >= 0.6 is 12.4 Å². The molecule has 1 heterocycles. The van der Waals surface area contributed by atoms with Crippen LogP contribution in [0, 0.1) is 0 Å². The van der Waals surface area contributed by atoms with Gasteiger partial charge in [0.1, 0.15) is 11.5 Å². The lowest BCUT2D eigenvalue weighted by Crippen LogP contribution is -1.99. The molecule has 4 heteroatoms. The average Bonchev–Trinajstić information content (AvgIpc) is 3.10. The van der Waals surface area contributed by atoms with Crippen molar-refractivity contribution in [1.29, 1.82) is 0 Å². The van der Waals surface area contributed by atoms with E-state index in [2.05, 4.69) is 34.6 Å². The van der Waals surface area contributed by atoms with Crippen LogP contribution in [0.3, 0.4) is 0 Å². The van der Waals surface area contributed by atoms with Crippen LogP contribution in [0.15, 0.2) is 85.1 Å². The van der Waals surface area contributed by atoms with E-state index in [1.54, 1.807) is 0 Å². The summed E-state index contributed by atoms with van der Waals surface area (Å²) in [5.41, 5.74) is 3.50. The van der Waals surface area contributed by atoms with Crippen LogP contribution in [0.5, 0.6) is 11.5 Å². The first-order chi connectivity index (χ1) is 11.9. The average molecular weight is 351 g/mol. The number of rotatable bonds is 5. The van der Waals surface area contributed by atoms with Crippen LogP contribution in [0.25, 0.3) is 10.9 Å². The third-order valence-corrected chi connectivity index (χ3v) is 3.95. The molecule has 0 spiro atoms. The van der Waals surface area contributed by atoms with Crippen LogP contribution in [0.4, 0.5) is 5.69 Å². The SMILES string of the molecule is Cl.c1ccc(Oc2ccc(NCc3ccc4[nH]ccc4c3)cc2)cc1. The van der Waals surface area contributed by atoms with E-state index < -0.39 is 0 Å². The third-order valence-electron chi connectivity index (χ3n) is 3.95. The second-order valence-electron chi connectivity index (χ2n) is 5.69. The van der Waals surface area contributed by atoms with Gasteiger partial charge in [-0.25, -0.2) is 0 Å². The number of hydrogen-bond acceptors (Lipinski definition) is 2. The molecule has 0 bridgehead atoms. The van der Waals surface area contributed by atoms with Crippen LogP contribution in [0.2, 0.25) is 0 Å². The Kier molecular flexibility index (Phi) is 5.26. The Bertz CT molecular complexity index is 933. The number of halogens is 1. The Morgan fingerprint density at radius 3 is 2.36 bits per heavy atom. The summed E-state index contributed by atoms with van der Waals surface area (Å²) >= 11 is 0. The molecular weight excluding hydrogens is 332 g/mol. The fourth-order valence-electron chi connectivity index (χ4n) is 2.68. The van der Waals surface area contributed by atoms with Gasteiger partial charge in [-0.3, -0.25) is 0 Å². The fraction of sp³-hybridized carbons (Fsp3) is 0.0476. The Morgan fingerprint density at radius 2 is 1.56 bits per heavy atom. The van der Waals surface area contributed by atoms with E-state index in [4.69, 9.17) is 4.74 Å². The number of anilines is 1. The molecule has 0 amide bonds. The van der Waals surface area contributed by atoms with Crippen molar-refractivity contribution in [1.82, 2.24) is 4.98 Å². The molecule has 0 saturated heterocycles. The molecule has 4 aromatic rings. The van der Waals surface area contributed by atoms with Gasteiger partial charge in [0.25, 0.3) is 0 Å². The molecule has 0 aliphatic carbocycles. The molecule has 4 rings (SSSR count). The van der Waals surface area contributed by atoms with Gasteiger partial charge in [-0.15, -0.1) is 12.4 Å². The fourth-order valence-corrected chi connectivity index (χ4v) is 2.68. The van der Waals surface area contributed by atoms with Crippen molar-refractivity contribution in [3.05, 3.63) is 90.6 Å². The Balaban J connectivity index is 0.00000182. The van der Waals surface area contributed by atoms with Crippen molar-refractivity contribution >= 4 is 29.0 Å². The smallest absolute Gasteiger partial charge is 0.127 e. The number of nitrogens with one attached hydrogen (secondary N) is 2. The van der Waals surface area contributed by atoms with E-state index in [-0.39, 0.29) is 12.4 Å². The Labute approximate surface area is 153 Å². The van der Waals surface area contributed by atoms with Gasteiger partial charge >= 0.3 is 0 Å². The quantitative estimate of drug-likeness (QED) is 0.463. The first-order valence-electron chi connectivity index (χ1n) is 8.00. The van der Waals surface area contributed by atoms with Crippen LogP contribution in [-0.2, 0) is 6.54 Å². The number of benzene rings is 3. The molecular formula is C21H19ClN2O. The molecule has 0 aliphatic heterocycles. The van der Waals surface area contributed by atoms with E-state index in [9.17, 15) is 0 Å². The highest BCUT2D eigenvalue weighted by atomic mass is 35.5. The molecule has 3 nitrogen and oxygen atoms in total. The summed E-state index contributed by atoms with van der Waals surface area (Å²) in [7, 11) is 0. The lowest BCUT2D eigenvalue weighted by Gasteiger charge is -2.09. The maximum atomic E-state index is 5.80. The van der Waals surface area contributed by atoms with Crippen molar-refractivity contribution in [2.45, 2.75) is 6.54 Å². The van der Waals surface area contributed by atoms with Crippen molar-refractivity contribution in [2.75, 3.05) is 5.32 Å². The topological polar surface area (TPSA) is 37.0 Å². The van der Waals surface area contributed by atoms with Crippen LogP contribution in [-0.4, -0.2) is 4.98 Å². The highest BCUT2D eigenvalue weighted by molar-refractivity contribution is 5.85. The van der Waals surface area contributed by atoms with E-state index >= 15 is 0 Å². The van der Waals surface area contributed by atoms with Crippen molar-refractivity contribution < 1.29 is 4.74 Å². The summed E-state index contributed by atoms with van der Waals surface area (Å²) in [5.74, 6) is 1.68. The Hall–Kier alpha value is -2.91. The van der Waals surface area contributed by atoms with E-state index in [0.29, 0.717) is 0 Å². The first kappa shape index (κ1) is 16.9. The van der Waals surface area contributed by atoms with E-state index in [1.807, 2.05) is 60.8 Å². The number of fused-ring (bicyclic) bond motifs is 1. The number of aromatic amines is 1. The number of aromatic nitrogens is 1. The minimum atomic E-state index is 0. The summed E-state index contributed by atoms with van der Waals surface area (Å²) in [6, 6.07) is 26.4. The van der Waals surface area contributed by atoms with Crippen molar-refractivity contribution in [3.63, 3.8) is 0 Å². The lowest BCUT2D eigenvalue weighted by molar-refractivity contribution is 0.483. The highest BCUT2D eigenvalue weighted by Crippen LogP contribution is 2.23. The zero-order chi connectivity index (χ0) is 16.2. The second kappa shape index (κ2) is 7.77. The first-order valence-corrected chi connectivity index (χ1v) is 8.00. The normalized spacial score (nSPS) is 10.2. The minimum absolute atomic E-state index is 0. The van der Waals surface area contributed by atoms with Gasteiger partial charge < -0.3 is 15.0 Å². The molecule has 0 fully saturated rings. The summed E-state index contributed by atoms with van der Waals surface area (Å²) in [4.78, 5) is 3.21. The third kappa shape index (κ3) is 4.14. The van der Waals surface area contributed by atoms with Crippen molar-refractivity contribution in [3.8, 4) is 11.5 Å². The standard InChI is InChI=1S/C21H18N2O.ClH/c1-2-4-19(5-3-1)24-20-9-7-18(8-10-20)23-15-16-6-11-21-17(14-16)12-13-22-21;/h1-14,22-23H,15H2;1H. The van der Waals surface area contributed by atoms with Gasteiger partial charge in [-0.1, -0.05) is 24.3 Å². The molecule has 0 saturated carbocycles. The lowest BCUT2D eigenvalue weighted by atomic mass is 10.1. The van der Waals surface area contributed by atoms with E-state index in [1.165, 1.54) is 16.5 Å². The maximum Gasteiger partial charge on any atom is 0.127 e. The summed E-state index contributed by atoms with van der Waals surface area (Å²) in [5, 5.41) is 4.68. The van der Waals surface area contributed by atoms with E-state index in [0.717, 1.165) is 23.7 Å².